The first kappa shape index (κ1) is 18.9. The zero-order valence-electron chi connectivity index (χ0n) is 14.0. The quantitative estimate of drug-likeness (QED) is 0.671. The summed E-state index contributed by atoms with van der Waals surface area (Å²) in [4.78, 5) is 28.9. The Morgan fingerprint density at radius 2 is 1.93 bits per heavy atom. The number of hydrogen-bond donors (Lipinski definition) is 1. The van der Waals surface area contributed by atoms with E-state index in [-0.39, 0.29) is 18.7 Å². The number of hydrogen-bond acceptors (Lipinski definition) is 3. The molecule has 1 aromatic carbocycles. The van der Waals surface area contributed by atoms with Crippen LogP contribution in [0.1, 0.15) is 21.5 Å². The summed E-state index contributed by atoms with van der Waals surface area (Å²) in [5.74, 6) is -2.47. The number of pyridine rings is 2. The van der Waals surface area contributed by atoms with Crippen molar-refractivity contribution < 1.29 is 13.6 Å². The van der Waals surface area contributed by atoms with E-state index in [1.54, 1.807) is 24.5 Å². The van der Waals surface area contributed by atoms with Crippen molar-refractivity contribution in [3.05, 3.63) is 98.1 Å². The zero-order chi connectivity index (χ0) is 19.4. The smallest absolute Gasteiger partial charge is 0.263 e. The van der Waals surface area contributed by atoms with Gasteiger partial charge in [0.15, 0.2) is 11.6 Å². The van der Waals surface area contributed by atoms with Crippen molar-refractivity contribution in [2.75, 3.05) is 0 Å². The van der Waals surface area contributed by atoms with Crippen LogP contribution in [-0.2, 0) is 13.1 Å². The van der Waals surface area contributed by atoms with Crippen LogP contribution in [0.2, 0.25) is 0 Å². The van der Waals surface area contributed by atoms with Crippen molar-refractivity contribution in [3.8, 4) is 0 Å². The lowest BCUT2D eigenvalue weighted by Crippen LogP contribution is -2.32. The van der Waals surface area contributed by atoms with Crippen molar-refractivity contribution in [1.29, 1.82) is 0 Å². The van der Waals surface area contributed by atoms with Gasteiger partial charge in [-0.25, -0.2) is 8.78 Å². The van der Waals surface area contributed by atoms with Gasteiger partial charge in [-0.15, -0.1) is 0 Å². The molecule has 2 heterocycles. The molecular weight excluding hydrogens is 420 g/mol. The Hall–Kier alpha value is -2.87. The maximum Gasteiger partial charge on any atom is 0.263 e. The van der Waals surface area contributed by atoms with E-state index >= 15 is 0 Å². The van der Waals surface area contributed by atoms with Gasteiger partial charge in [-0.3, -0.25) is 14.6 Å². The maximum atomic E-state index is 13.3. The molecule has 2 aromatic heterocycles. The fourth-order valence-electron chi connectivity index (χ4n) is 2.50. The SMILES string of the molecule is O=C(NCc1cncc(Br)c1)c1cccn(Cc2ccc(F)c(F)c2)c1=O. The molecule has 0 aliphatic carbocycles. The van der Waals surface area contributed by atoms with E-state index in [0.717, 1.165) is 22.2 Å². The van der Waals surface area contributed by atoms with Crippen molar-refractivity contribution in [1.82, 2.24) is 14.9 Å². The molecule has 0 radical (unpaired) electrons. The lowest BCUT2D eigenvalue weighted by molar-refractivity contribution is 0.0948. The van der Waals surface area contributed by atoms with E-state index in [1.165, 1.54) is 22.9 Å². The number of carbonyl (C=O) groups excluding carboxylic acids is 1. The Morgan fingerprint density at radius 3 is 2.67 bits per heavy atom. The molecule has 0 unspecified atom stereocenters. The van der Waals surface area contributed by atoms with Gasteiger partial charge in [-0.05, 0) is 57.4 Å². The van der Waals surface area contributed by atoms with E-state index in [9.17, 15) is 18.4 Å². The molecule has 0 aliphatic heterocycles. The van der Waals surface area contributed by atoms with Crippen molar-refractivity contribution in [3.63, 3.8) is 0 Å². The lowest BCUT2D eigenvalue weighted by atomic mass is 10.2. The molecule has 0 atom stereocenters. The minimum absolute atomic E-state index is 0.0205. The van der Waals surface area contributed by atoms with Crippen LogP contribution in [0.3, 0.4) is 0 Å². The molecule has 0 fully saturated rings. The molecule has 27 heavy (non-hydrogen) atoms. The number of rotatable bonds is 5. The standard InChI is InChI=1S/C19H14BrF2N3O2/c20-14-6-13(8-23-10-14)9-24-18(26)15-2-1-5-25(19(15)27)11-12-3-4-16(21)17(22)7-12/h1-8,10H,9,11H2,(H,24,26). The summed E-state index contributed by atoms with van der Waals surface area (Å²) in [5.41, 5.74) is 0.625. The third kappa shape index (κ3) is 4.65. The molecule has 0 bridgehead atoms. The normalized spacial score (nSPS) is 10.6. The average Bonchev–Trinajstić information content (AvgIpc) is 2.64. The van der Waals surface area contributed by atoms with Gasteiger partial charge in [-0.1, -0.05) is 6.07 Å². The third-order valence-corrected chi connectivity index (χ3v) is 4.25. The number of benzene rings is 1. The van der Waals surface area contributed by atoms with Crippen molar-refractivity contribution in [2.45, 2.75) is 13.1 Å². The van der Waals surface area contributed by atoms with Crippen LogP contribution < -0.4 is 10.9 Å². The Labute approximate surface area is 161 Å². The molecule has 0 saturated carbocycles. The second kappa shape index (κ2) is 8.22. The molecule has 1 N–H and O–H groups in total. The molecular formula is C19H14BrF2N3O2. The number of nitrogens with one attached hydrogen (secondary N) is 1. The van der Waals surface area contributed by atoms with E-state index < -0.39 is 23.1 Å². The van der Waals surface area contributed by atoms with Gasteiger partial charge in [0, 0.05) is 29.6 Å². The van der Waals surface area contributed by atoms with E-state index in [1.807, 2.05) is 0 Å². The molecule has 8 heteroatoms. The summed E-state index contributed by atoms with van der Waals surface area (Å²) in [7, 11) is 0. The molecule has 5 nitrogen and oxygen atoms in total. The van der Waals surface area contributed by atoms with Crippen LogP contribution >= 0.6 is 15.9 Å². The molecule has 0 spiro atoms. The predicted octanol–water partition coefficient (Wildman–Crippen LogP) is 3.26. The van der Waals surface area contributed by atoms with Gasteiger partial charge >= 0.3 is 0 Å². The highest BCUT2D eigenvalue weighted by molar-refractivity contribution is 9.10. The first-order chi connectivity index (χ1) is 12.9. The topological polar surface area (TPSA) is 64.0 Å². The summed E-state index contributed by atoms with van der Waals surface area (Å²) in [6, 6.07) is 8.18. The van der Waals surface area contributed by atoms with Crippen LogP contribution in [-0.4, -0.2) is 15.5 Å². The Balaban J connectivity index is 1.76. The first-order valence-electron chi connectivity index (χ1n) is 7.95. The highest BCUT2D eigenvalue weighted by Crippen LogP contribution is 2.10. The van der Waals surface area contributed by atoms with Crippen molar-refractivity contribution >= 4 is 21.8 Å². The summed E-state index contributed by atoms with van der Waals surface area (Å²) in [6.07, 6.45) is 4.72. The Kier molecular flexibility index (Phi) is 5.75. The zero-order valence-corrected chi connectivity index (χ0v) is 15.5. The van der Waals surface area contributed by atoms with Gasteiger partial charge < -0.3 is 9.88 Å². The predicted molar refractivity (Wildman–Crippen MR) is 99.3 cm³/mol. The number of carbonyl (C=O) groups is 1. The first-order valence-corrected chi connectivity index (χ1v) is 8.74. The summed E-state index contributed by atoms with van der Waals surface area (Å²) >= 11 is 3.30. The molecule has 1 amide bonds. The van der Waals surface area contributed by atoms with E-state index in [4.69, 9.17) is 0 Å². The van der Waals surface area contributed by atoms with Gasteiger partial charge in [0.05, 0.1) is 6.54 Å². The number of halogens is 3. The highest BCUT2D eigenvalue weighted by Gasteiger charge is 2.13. The Bertz CT molecular complexity index is 1050. The van der Waals surface area contributed by atoms with Crippen LogP contribution in [0.4, 0.5) is 8.78 Å². The second-order valence-corrected chi connectivity index (χ2v) is 6.71. The molecule has 3 rings (SSSR count). The summed E-state index contributed by atoms with van der Waals surface area (Å²) in [5, 5.41) is 2.67. The summed E-state index contributed by atoms with van der Waals surface area (Å²) in [6.45, 7) is 0.232. The van der Waals surface area contributed by atoms with Crippen LogP contribution in [0, 0.1) is 11.6 Å². The molecule has 0 aliphatic rings. The number of amides is 1. The Morgan fingerprint density at radius 1 is 1.11 bits per heavy atom. The largest absolute Gasteiger partial charge is 0.348 e. The van der Waals surface area contributed by atoms with E-state index in [0.29, 0.717) is 5.56 Å². The summed E-state index contributed by atoms with van der Waals surface area (Å²) < 4.78 is 28.4. The molecule has 138 valence electrons. The maximum absolute atomic E-state index is 13.3. The molecule has 3 aromatic rings. The highest BCUT2D eigenvalue weighted by atomic mass is 79.9. The monoisotopic (exact) mass is 433 g/mol. The lowest BCUT2D eigenvalue weighted by Gasteiger charge is -2.09. The fraction of sp³-hybridized carbons (Fsp3) is 0.105. The van der Waals surface area contributed by atoms with Gasteiger partial charge in [-0.2, -0.15) is 0 Å². The van der Waals surface area contributed by atoms with Gasteiger partial charge in [0.2, 0.25) is 0 Å². The second-order valence-electron chi connectivity index (χ2n) is 5.80. The van der Waals surface area contributed by atoms with Crippen LogP contribution in [0.25, 0.3) is 0 Å². The van der Waals surface area contributed by atoms with Crippen LogP contribution in [0.5, 0.6) is 0 Å². The van der Waals surface area contributed by atoms with Gasteiger partial charge in [0.25, 0.3) is 11.5 Å². The van der Waals surface area contributed by atoms with Gasteiger partial charge in [0.1, 0.15) is 5.56 Å². The minimum atomic E-state index is -0.989. The van der Waals surface area contributed by atoms with E-state index in [2.05, 4.69) is 26.2 Å². The number of nitrogens with zero attached hydrogens (tertiary/aromatic N) is 2. The third-order valence-electron chi connectivity index (χ3n) is 3.82. The fourth-order valence-corrected chi connectivity index (χ4v) is 2.91. The van der Waals surface area contributed by atoms with Crippen molar-refractivity contribution in [2.24, 2.45) is 0 Å². The minimum Gasteiger partial charge on any atom is -0.348 e. The average molecular weight is 434 g/mol. The molecule has 0 saturated heterocycles. The number of aromatic nitrogens is 2. The van der Waals surface area contributed by atoms with Crippen LogP contribution in [0.15, 0.2) is 64.3 Å².